The van der Waals surface area contributed by atoms with Crippen molar-refractivity contribution in [2.75, 3.05) is 13.1 Å². The highest BCUT2D eigenvalue weighted by Gasteiger charge is 2.47. The minimum Gasteiger partial charge on any atom is -0.390 e. The first kappa shape index (κ1) is 14.6. The smallest absolute Gasteiger partial charge is 0.0815 e. The first-order chi connectivity index (χ1) is 10.7. The van der Waals surface area contributed by atoms with E-state index in [2.05, 4.69) is 35.0 Å². The lowest BCUT2D eigenvalue weighted by Crippen LogP contribution is -2.44. The summed E-state index contributed by atoms with van der Waals surface area (Å²) >= 11 is 1.74. The zero-order valence-corrected chi connectivity index (χ0v) is 14.0. The van der Waals surface area contributed by atoms with E-state index in [1.165, 1.54) is 23.1 Å². The average molecular weight is 316 g/mol. The van der Waals surface area contributed by atoms with Gasteiger partial charge in [-0.25, -0.2) is 4.98 Å². The second-order valence-electron chi connectivity index (χ2n) is 7.03. The van der Waals surface area contributed by atoms with E-state index in [1.807, 2.05) is 5.51 Å². The molecule has 2 aliphatic rings. The molecule has 2 fully saturated rings. The first-order valence-electron chi connectivity index (χ1n) is 8.45. The van der Waals surface area contributed by atoms with Crippen molar-refractivity contribution in [1.82, 2.24) is 9.88 Å². The summed E-state index contributed by atoms with van der Waals surface area (Å²) in [5.74, 6) is 1.14. The van der Waals surface area contributed by atoms with Crippen molar-refractivity contribution in [3.8, 4) is 0 Å². The summed E-state index contributed by atoms with van der Waals surface area (Å²) < 4.78 is 1.32. The molecule has 3 atom stereocenters. The molecular weight excluding hydrogens is 292 g/mol. The SMILES string of the molecule is CC[C@]1(O)CCC[C@H]2CN(Cc3cccc4ncsc34)C[C@H]21. The Morgan fingerprint density at radius 3 is 3.18 bits per heavy atom. The molecule has 2 heterocycles. The third kappa shape index (κ3) is 2.38. The van der Waals surface area contributed by atoms with Crippen LogP contribution < -0.4 is 0 Å². The molecule has 4 rings (SSSR count). The molecule has 1 N–H and O–H groups in total. The van der Waals surface area contributed by atoms with Crippen molar-refractivity contribution in [2.45, 2.75) is 44.8 Å². The van der Waals surface area contributed by atoms with Crippen LogP contribution in [0.15, 0.2) is 23.7 Å². The van der Waals surface area contributed by atoms with Crippen molar-refractivity contribution < 1.29 is 5.11 Å². The molecule has 1 aliphatic carbocycles. The van der Waals surface area contributed by atoms with E-state index in [9.17, 15) is 5.11 Å². The molecule has 1 aromatic carbocycles. The molecule has 0 amide bonds. The Morgan fingerprint density at radius 2 is 2.32 bits per heavy atom. The molecule has 1 saturated heterocycles. The zero-order valence-electron chi connectivity index (χ0n) is 13.2. The number of hydrogen-bond donors (Lipinski definition) is 1. The van der Waals surface area contributed by atoms with E-state index >= 15 is 0 Å². The Labute approximate surface area is 136 Å². The van der Waals surface area contributed by atoms with Gasteiger partial charge < -0.3 is 5.11 Å². The maximum atomic E-state index is 10.9. The highest BCUT2D eigenvalue weighted by atomic mass is 32.1. The van der Waals surface area contributed by atoms with E-state index in [0.717, 1.165) is 38.0 Å². The second kappa shape index (κ2) is 5.59. The Bertz CT molecular complexity index is 670. The van der Waals surface area contributed by atoms with Crippen molar-refractivity contribution in [2.24, 2.45) is 11.8 Å². The van der Waals surface area contributed by atoms with Crippen LogP contribution in [0.5, 0.6) is 0 Å². The van der Waals surface area contributed by atoms with E-state index in [4.69, 9.17) is 0 Å². The number of likely N-dealkylation sites (tertiary alicyclic amines) is 1. The van der Waals surface area contributed by atoms with Gasteiger partial charge in [-0.2, -0.15) is 0 Å². The molecule has 0 spiro atoms. The molecule has 0 unspecified atom stereocenters. The molecule has 22 heavy (non-hydrogen) atoms. The van der Waals surface area contributed by atoms with Crippen LogP contribution in [0.2, 0.25) is 0 Å². The summed E-state index contributed by atoms with van der Waals surface area (Å²) in [5.41, 5.74) is 4.02. The van der Waals surface area contributed by atoms with Gasteiger partial charge in [0.1, 0.15) is 0 Å². The highest BCUT2D eigenvalue weighted by molar-refractivity contribution is 7.16. The number of hydrogen-bond acceptors (Lipinski definition) is 4. The topological polar surface area (TPSA) is 36.4 Å². The van der Waals surface area contributed by atoms with Gasteiger partial charge in [-0.3, -0.25) is 4.90 Å². The fraction of sp³-hybridized carbons (Fsp3) is 0.611. The fourth-order valence-corrected chi connectivity index (χ4v) is 5.39. The normalized spacial score (nSPS) is 32.5. The third-order valence-electron chi connectivity index (χ3n) is 5.84. The number of aromatic nitrogens is 1. The van der Waals surface area contributed by atoms with Crippen LogP contribution in [0.4, 0.5) is 0 Å². The molecule has 0 radical (unpaired) electrons. The van der Waals surface area contributed by atoms with Crippen molar-refractivity contribution in [3.63, 3.8) is 0 Å². The van der Waals surface area contributed by atoms with Crippen LogP contribution >= 0.6 is 11.3 Å². The summed E-state index contributed by atoms with van der Waals surface area (Å²) in [7, 11) is 0. The molecular formula is C18H24N2OS. The Balaban J connectivity index is 1.54. The van der Waals surface area contributed by atoms with Gasteiger partial charge in [0.25, 0.3) is 0 Å². The highest BCUT2D eigenvalue weighted by Crippen LogP contribution is 2.44. The monoisotopic (exact) mass is 316 g/mol. The standard InChI is InChI=1S/C18H24N2OS/c1-2-18(21)8-4-6-13-9-20(11-15(13)18)10-14-5-3-7-16-17(14)22-12-19-16/h3,5,7,12-13,15,21H,2,4,6,8-11H2,1H3/t13-,15+,18-/m0/s1. The minimum absolute atomic E-state index is 0.422. The van der Waals surface area contributed by atoms with Crippen LogP contribution in [-0.2, 0) is 6.54 Å². The molecule has 3 nitrogen and oxygen atoms in total. The largest absolute Gasteiger partial charge is 0.390 e. The fourth-order valence-electron chi connectivity index (χ4n) is 4.60. The predicted octanol–water partition coefficient (Wildman–Crippen LogP) is 3.67. The van der Waals surface area contributed by atoms with Gasteiger partial charge in [-0.05, 0) is 36.8 Å². The Hall–Kier alpha value is -0.970. The summed E-state index contributed by atoms with van der Waals surface area (Å²) in [6.07, 6.45) is 4.35. The summed E-state index contributed by atoms with van der Waals surface area (Å²) in [6, 6.07) is 6.44. The number of aliphatic hydroxyl groups is 1. The quantitative estimate of drug-likeness (QED) is 0.938. The van der Waals surface area contributed by atoms with Gasteiger partial charge >= 0.3 is 0 Å². The lowest BCUT2D eigenvalue weighted by molar-refractivity contribution is -0.0613. The van der Waals surface area contributed by atoms with Crippen LogP contribution in [0.25, 0.3) is 10.2 Å². The second-order valence-corrected chi connectivity index (χ2v) is 7.88. The molecule has 1 aromatic heterocycles. The van der Waals surface area contributed by atoms with Gasteiger partial charge in [0.15, 0.2) is 0 Å². The number of rotatable bonds is 3. The molecule has 4 heteroatoms. The maximum absolute atomic E-state index is 10.9. The number of thiazole rings is 1. The van der Waals surface area contributed by atoms with Gasteiger partial charge in [0.05, 0.1) is 21.3 Å². The molecule has 1 aliphatic heterocycles. The van der Waals surface area contributed by atoms with E-state index in [1.54, 1.807) is 11.3 Å². The molecule has 118 valence electrons. The van der Waals surface area contributed by atoms with Crippen LogP contribution in [-0.4, -0.2) is 33.7 Å². The van der Waals surface area contributed by atoms with Crippen molar-refractivity contribution in [3.05, 3.63) is 29.3 Å². The summed E-state index contributed by atoms with van der Waals surface area (Å²) in [4.78, 5) is 6.97. The minimum atomic E-state index is -0.422. The van der Waals surface area contributed by atoms with Gasteiger partial charge in [-0.1, -0.05) is 25.5 Å². The third-order valence-corrected chi connectivity index (χ3v) is 6.75. The van der Waals surface area contributed by atoms with Crippen LogP contribution in [0.3, 0.4) is 0 Å². The molecule has 2 aromatic rings. The van der Waals surface area contributed by atoms with Gasteiger partial charge in [-0.15, -0.1) is 11.3 Å². The van der Waals surface area contributed by atoms with E-state index < -0.39 is 5.60 Å². The number of nitrogens with zero attached hydrogens (tertiary/aromatic N) is 2. The average Bonchev–Trinajstić information content (AvgIpc) is 3.15. The Morgan fingerprint density at radius 1 is 1.41 bits per heavy atom. The summed E-state index contributed by atoms with van der Waals surface area (Å²) in [6.45, 7) is 5.32. The zero-order chi connectivity index (χ0) is 15.2. The maximum Gasteiger partial charge on any atom is 0.0815 e. The predicted molar refractivity (Wildman–Crippen MR) is 91.0 cm³/mol. The van der Waals surface area contributed by atoms with E-state index in [-0.39, 0.29) is 0 Å². The van der Waals surface area contributed by atoms with Gasteiger partial charge in [0, 0.05) is 25.6 Å². The lowest BCUT2D eigenvalue weighted by Gasteiger charge is -2.40. The molecule has 1 saturated carbocycles. The Kier molecular flexibility index (Phi) is 3.71. The summed E-state index contributed by atoms with van der Waals surface area (Å²) in [5, 5.41) is 10.9. The van der Waals surface area contributed by atoms with Crippen LogP contribution in [0.1, 0.15) is 38.2 Å². The van der Waals surface area contributed by atoms with Crippen molar-refractivity contribution >= 4 is 21.6 Å². The van der Waals surface area contributed by atoms with Crippen molar-refractivity contribution in [1.29, 1.82) is 0 Å². The van der Waals surface area contributed by atoms with Crippen LogP contribution in [0, 0.1) is 11.8 Å². The first-order valence-corrected chi connectivity index (χ1v) is 9.33. The number of fused-ring (bicyclic) bond motifs is 2. The molecule has 0 bridgehead atoms. The lowest BCUT2D eigenvalue weighted by atomic mass is 9.69. The van der Waals surface area contributed by atoms with E-state index in [0.29, 0.717) is 11.8 Å². The number of benzene rings is 1. The van der Waals surface area contributed by atoms with Gasteiger partial charge in [0.2, 0.25) is 0 Å².